The summed E-state index contributed by atoms with van der Waals surface area (Å²) in [6.45, 7) is 7.87. The molecule has 7 nitrogen and oxygen atoms in total. The number of hydrogen-bond donors (Lipinski definition) is 2. The Kier molecular flexibility index (Phi) is 4.63. The maximum absolute atomic E-state index is 15.9. The molecular weight excluding hydrogens is 1120 g/mol. The summed E-state index contributed by atoms with van der Waals surface area (Å²) in [5.41, 5.74) is 6.34. The van der Waals surface area contributed by atoms with E-state index in [0.29, 0.717) is 52.9 Å². The van der Waals surface area contributed by atoms with Crippen LogP contribution in [0.1, 0.15) is 56.7 Å². The van der Waals surface area contributed by atoms with Crippen LogP contribution in [0.4, 0.5) is 0 Å². The van der Waals surface area contributed by atoms with Crippen molar-refractivity contribution < 1.29 is 33.9 Å². The molecule has 30 aromatic rings. The number of hydrogen-bond acceptors (Lipinski definition) is 7. The van der Waals surface area contributed by atoms with Gasteiger partial charge in [-0.25, -0.2) is 0 Å². The van der Waals surface area contributed by atoms with Gasteiger partial charge in [-0.05, 0) is 373 Å². The molecule has 7 aliphatic rings. The predicted molar refractivity (Wildman–Crippen MR) is 370 cm³/mol. The van der Waals surface area contributed by atoms with Gasteiger partial charge in [0.05, 0.1) is 62.7 Å². The first-order valence-corrected chi connectivity index (χ1v) is 33.4. The van der Waals surface area contributed by atoms with E-state index in [1.165, 1.54) is 259 Å². The molecule has 0 fully saturated rings. The number of aliphatic hydroxyl groups is 2. The van der Waals surface area contributed by atoms with Crippen LogP contribution < -0.4 is 9.47 Å². The molecule has 3 aliphatic heterocycles. The number of benzene rings is 20. The molecule has 2 spiro atoms. The molecular formula is C84H32O7. The number of aliphatic hydroxyl groups excluding tert-OH is 2. The van der Waals surface area contributed by atoms with Crippen LogP contribution in [-0.4, -0.2) is 63.1 Å². The Morgan fingerprint density at radius 1 is 0.242 bits per heavy atom. The molecule has 4 aliphatic carbocycles. The highest BCUT2D eigenvalue weighted by atomic mass is 16.6. The zero-order chi connectivity index (χ0) is 56.5. The summed E-state index contributed by atoms with van der Waals surface area (Å²) in [6, 6.07) is 12.9. The average Bonchev–Trinajstić information content (AvgIpc) is 1.38. The van der Waals surface area contributed by atoms with Crippen molar-refractivity contribution in [3.05, 3.63) is 80.9 Å². The summed E-state index contributed by atoms with van der Waals surface area (Å²) in [4.78, 5) is 0. The molecule has 4 bridgehead atoms. The van der Waals surface area contributed by atoms with Crippen LogP contribution >= 0.6 is 0 Å². The van der Waals surface area contributed by atoms with E-state index in [-0.39, 0.29) is 0 Å². The molecule has 2 N–H and O–H groups in total. The fraction of sp³-hybridized carbons (Fsp3) is 0.167. The Hall–Kier alpha value is -9.70. The van der Waals surface area contributed by atoms with Crippen molar-refractivity contribution in [2.75, 3.05) is 52.9 Å². The van der Waals surface area contributed by atoms with Gasteiger partial charge in [-0.2, -0.15) is 0 Å². The Balaban J connectivity index is 0.915. The molecule has 0 saturated carbocycles. The molecule has 37 rings (SSSR count). The summed E-state index contributed by atoms with van der Waals surface area (Å²) in [6.07, 6.45) is -2.26. The Bertz CT molecular complexity index is 7620. The Morgan fingerprint density at radius 3 is 0.582 bits per heavy atom. The molecule has 0 radical (unpaired) electrons. The summed E-state index contributed by atoms with van der Waals surface area (Å²) in [5, 5.41) is 112. The predicted octanol–water partition coefficient (Wildman–Crippen LogP) is 19.2. The first-order chi connectivity index (χ1) is 45.0. The van der Waals surface area contributed by atoms with Gasteiger partial charge in [-0.1, -0.05) is 12.1 Å². The quantitative estimate of drug-likeness (QED) is 0.146. The lowest BCUT2D eigenvalue weighted by molar-refractivity contribution is -0.00276. The van der Waals surface area contributed by atoms with Gasteiger partial charge in [-0.3, -0.25) is 0 Å². The van der Waals surface area contributed by atoms with Gasteiger partial charge in [0.2, 0.25) is 0 Å². The van der Waals surface area contributed by atoms with Gasteiger partial charge in [0, 0.05) is 0 Å². The molecule has 2 unspecified atom stereocenters. The van der Waals surface area contributed by atoms with Crippen molar-refractivity contribution in [2.45, 2.75) is 36.9 Å². The molecule has 91 heavy (non-hydrogen) atoms. The number of rotatable bonds is 0. The molecule has 30 aromatic carbocycles. The lowest BCUT2D eigenvalue weighted by Gasteiger charge is -2.58. The third-order valence-corrected chi connectivity index (χ3v) is 29.1. The third kappa shape index (κ3) is 2.72. The van der Waals surface area contributed by atoms with E-state index in [0.717, 1.165) is 33.8 Å². The highest BCUT2D eigenvalue weighted by Gasteiger charge is 2.75. The molecule has 0 amide bonds. The van der Waals surface area contributed by atoms with Gasteiger partial charge < -0.3 is 33.9 Å². The second kappa shape index (κ2) is 10.5. The van der Waals surface area contributed by atoms with Crippen molar-refractivity contribution in [3.63, 3.8) is 0 Å². The average molecular weight is 1150 g/mol. The standard InChI is InChI=1S/C84H32O7/c1-17-15-19-3-5-21(17)81(85)83-77-69-61-51-41-33-25-23-24-27-31-29(25)37-45-39(31)49-43-35(27)36-28(24)32-30-26(23)34(33)42-48-38(30)46-40(32)50-44(36)54-53(43)63-57(49)67-59(45)65(55(61)47(37)41)73(77)75(67)79-71(63)72-64(54)58(50)68-60(46)66-56(48)62(52(42)51)70(69)78(83)74(66)76(68)80(72)84(79,83)82(86)22-6-4-20(16-18(22)2)91-14-12-89-10-8-87-7-9-88-11-13-90-19/h3-6,15-16,81-82,85-86H,7-14H2,1-2H3. The summed E-state index contributed by atoms with van der Waals surface area (Å²) < 4.78 is 31.1. The van der Waals surface area contributed by atoms with E-state index in [4.69, 9.17) is 23.7 Å². The van der Waals surface area contributed by atoms with Gasteiger partial charge in [0.15, 0.2) is 0 Å². The smallest absolute Gasteiger partial charge is 0.119 e. The molecule has 0 saturated heterocycles. The fourth-order valence-electron chi connectivity index (χ4n) is 27.9. The first-order valence-electron chi connectivity index (χ1n) is 33.4. The number of ether oxygens (including phenoxy) is 5. The van der Waals surface area contributed by atoms with E-state index in [2.05, 4.69) is 50.2 Å². The number of fused-ring (bicyclic) bond motifs is 2. The second-order valence-corrected chi connectivity index (χ2v) is 30.7. The van der Waals surface area contributed by atoms with E-state index >= 15 is 10.2 Å². The van der Waals surface area contributed by atoms with Gasteiger partial charge in [0.1, 0.15) is 24.7 Å². The largest absolute Gasteiger partial charge is 0.491 e. The van der Waals surface area contributed by atoms with Crippen molar-refractivity contribution in [2.24, 2.45) is 0 Å². The third-order valence-electron chi connectivity index (χ3n) is 29.1. The zero-order valence-electron chi connectivity index (χ0n) is 48.2. The van der Waals surface area contributed by atoms with Gasteiger partial charge in [0.25, 0.3) is 0 Å². The van der Waals surface area contributed by atoms with Crippen LogP contribution in [-0.2, 0) is 25.0 Å². The van der Waals surface area contributed by atoms with Crippen molar-refractivity contribution in [3.8, 4) is 11.5 Å². The van der Waals surface area contributed by atoms with Crippen molar-refractivity contribution in [1.29, 1.82) is 0 Å². The van der Waals surface area contributed by atoms with Crippen LogP contribution in [0.15, 0.2) is 36.4 Å². The molecule has 0 aromatic heterocycles. The van der Waals surface area contributed by atoms with Crippen molar-refractivity contribution >= 4 is 291 Å². The SMILES string of the molecule is Cc1cc2ccc1C(O)C13c4c5c6c7c8c9c(c%10c%11c1c1c4c4c%12c5c5c6c6c8c8c%13c9c9c%10c%10c%11c%11c1c1c4c4c%12c%12c5c5c6c8c6c8c%13c9c9c%10c%10c%11c1c1c4c4c%12c5c6c5c8c9c%10c1c45)C73C(O)c1ccc(cc1C)OCCOCCOCCOCCO2. The van der Waals surface area contributed by atoms with E-state index in [9.17, 15) is 0 Å². The van der Waals surface area contributed by atoms with E-state index < -0.39 is 23.0 Å². The van der Waals surface area contributed by atoms with E-state index in [1.807, 2.05) is 0 Å². The fourth-order valence-corrected chi connectivity index (χ4v) is 27.9. The van der Waals surface area contributed by atoms with Crippen LogP contribution in [0.3, 0.4) is 0 Å². The minimum absolute atomic E-state index is 0.383. The number of aryl methyl sites for hydroxylation is 2. The summed E-state index contributed by atoms with van der Waals surface area (Å²) >= 11 is 0. The maximum Gasteiger partial charge on any atom is 0.119 e. The second-order valence-electron chi connectivity index (χ2n) is 30.7. The Labute approximate surface area is 504 Å². The Morgan fingerprint density at radius 2 is 0.407 bits per heavy atom. The monoisotopic (exact) mass is 1150 g/mol. The molecule has 3 heterocycles. The van der Waals surface area contributed by atoms with Crippen LogP contribution in [0.5, 0.6) is 11.5 Å². The van der Waals surface area contributed by atoms with Gasteiger partial charge in [-0.15, -0.1) is 0 Å². The highest BCUT2D eigenvalue weighted by molar-refractivity contribution is 6.82. The summed E-state index contributed by atoms with van der Waals surface area (Å²) in [7, 11) is 0. The lowest BCUT2D eigenvalue weighted by Crippen LogP contribution is -2.58. The topological polar surface area (TPSA) is 86.6 Å². The zero-order valence-corrected chi connectivity index (χ0v) is 48.2. The molecule has 2 atom stereocenters. The van der Waals surface area contributed by atoms with Gasteiger partial charge >= 0.3 is 0 Å². The highest BCUT2D eigenvalue weighted by Crippen LogP contribution is 2.87. The van der Waals surface area contributed by atoms with Crippen LogP contribution in [0.2, 0.25) is 0 Å². The van der Waals surface area contributed by atoms with Crippen LogP contribution in [0, 0.1) is 13.8 Å². The minimum Gasteiger partial charge on any atom is -0.491 e. The molecule has 410 valence electrons. The van der Waals surface area contributed by atoms with Crippen LogP contribution in [0.25, 0.3) is 291 Å². The lowest BCUT2D eigenvalue weighted by atomic mass is 9.43. The first kappa shape index (κ1) is 40.1. The molecule has 7 heteroatoms. The van der Waals surface area contributed by atoms with E-state index in [1.54, 1.807) is 53.9 Å². The maximum atomic E-state index is 15.9. The normalized spacial score (nSPS) is 23.2. The minimum atomic E-state index is -1.26. The van der Waals surface area contributed by atoms with Crippen molar-refractivity contribution in [1.82, 2.24) is 0 Å². The summed E-state index contributed by atoms with van der Waals surface area (Å²) in [5.74, 6) is 1.50.